The van der Waals surface area contributed by atoms with Gasteiger partial charge in [0.1, 0.15) is 0 Å². The van der Waals surface area contributed by atoms with E-state index in [-0.39, 0.29) is 0 Å². The third-order valence-electron chi connectivity index (χ3n) is 6.44. The van der Waals surface area contributed by atoms with Crippen LogP contribution in [0.25, 0.3) is 22.1 Å². The molecule has 1 aliphatic heterocycles. The van der Waals surface area contributed by atoms with Crippen molar-refractivity contribution < 1.29 is 4.42 Å². The molecular weight excluding hydrogens is 320 g/mol. The predicted octanol–water partition coefficient (Wildman–Crippen LogP) is 5.73. The topological polar surface area (TPSA) is 29.3 Å². The predicted molar refractivity (Wildman–Crippen MR) is 105 cm³/mol. The number of nitrogens with zero attached hydrogens (tertiary/aromatic N) is 2. The average molecular weight is 340 g/mol. The molecule has 1 saturated heterocycles. The molecular formula is C23H20N2O. The van der Waals surface area contributed by atoms with E-state index < -0.39 is 0 Å². The zero-order valence-electron chi connectivity index (χ0n) is 14.9. The fraction of sp³-hybridized carbons (Fsp3) is 0.261. The molecule has 2 aliphatic rings. The second-order valence-electron chi connectivity index (χ2n) is 7.70. The van der Waals surface area contributed by atoms with Gasteiger partial charge in [0.25, 0.3) is 0 Å². The lowest BCUT2D eigenvalue weighted by molar-refractivity contribution is 0.603. The van der Waals surface area contributed by atoms with Crippen molar-refractivity contribution in [2.45, 2.75) is 38.3 Å². The Labute approximate surface area is 152 Å². The highest BCUT2D eigenvalue weighted by Gasteiger charge is 2.48. The number of anilines is 1. The van der Waals surface area contributed by atoms with Crippen molar-refractivity contribution in [2.75, 3.05) is 4.90 Å². The van der Waals surface area contributed by atoms with Crippen molar-refractivity contribution in [1.82, 2.24) is 4.98 Å². The van der Waals surface area contributed by atoms with Gasteiger partial charge in [0, 0.05) is 28.9 Å². The van der Waals surface area contributed by atoms with E-state index in [0.717, 1.165) is 22.1 Å². The van der Waals surface area contributed by atoms with Crippen molar-refractivity contribution in [1.29, 1.82) is 0 Å². The highest BCUT2D eigenvalue weighted by Crippen LogP contribution is 2.56. The van der Waals surface area contributed by atoms with Crippen LogP contribution in [-0.4, -0.2) is 11.0 Å². The normalized spacial score (nSPS) is 23.9. The van der Waals surface area contributed by atoms with E-state index in [2.05, 4.69) is 66.2 Å². The van der Waals surface area contributed by atoms with Crippen LogP contribution in [0, 0.1) is 6.92 Å². The lowest BCUT2D eigenvalue weighted by Crippen LogP contribution is -2.35. The molecule has 3 unspecified atom stereocenters. The van der Waals surface area contributed by atoms with E-state index >= 15 is 0 Å². The molecule has 128 valence electrons. The van der Waals surface area contributed by atoms with E-state index in [1.807, 2.05) is 6.07 Å². The maximum Gasteiger partial charge on any atom is 0.227 e. The van der Waals surface area contributed by atoms with Crippen molar-refractivity contribution in [3.63, 3.8) is 0 Å². The number of aryl methyl sites for hydroxylation is 1. The van der Waals surface area contributed by atoms with Gasteiger partial charge in [-0.25, -0.2) is 4.98 Å². The standard InChI is InChI=1S/C23H20N2O/c1-13-9-10-17-18-8-5-11-24-23(18)26-22(17)21(13)25-14(2)19-12-20(25)16-7-4-3-6-15(16)19/h3-11,14,19-20H,12H2,1-2H3. The smallest absolute Gasteiger partial charge is 0.227 e. The van der Waals surface area contributed by atoms with Gasteiger partial charge in [0.05, 0.1) is 11.7 Å². The fourth-order valence-electron chi connectivity index (χ4n) is 5.28. The van der Waals surface area contributed by atoms with Crippen LogP contribution < -0.4 is 4.90 Å². The summed E-state index contributed by atoms with van der Waals surface area (Å²) in [6, 6.07) is 18.3. The summed E-state index contributed by atoms with van der Waals surface area (Å²) in [4.78, 5) is 7.04. The summed E-state index contributed by atoms with van der Waals surface area (Å²) in [7, 11) is 0. The molecule has 0 saturated carbocycles. The van der Waals surface area contributed by atoms with Gasteiger partial charge in [0.2, 0.25) is 5.71 Å². The minimum atomic E-state index is 0.441. The van der Waals surface area contributed by atoms with Crippen molar-refractivity contribution in [3.8, 4) is 0 Å². The summed E-state index contributed by atoms with van der Waals surface area (Å²) < 4.78 is 6.27. The molecule has 3 atom stereocenters. The summed E-state index contributed by atoms with van der Waals surface area (Å²) >= 11 is 0. The van der Waals surface area contributed by atoms with E-state index in [4.69, 9.17) is 4.42 Å². The Kier molecular flexibility index (Phi) is 2.70. The zero-order chi connectivity index (χ0) is 17.4. The highest BCUT2D eigenvalue weighted by molar-refractivity contribution is 6.08. The molecule has 2 bridgehead atoms. The van der Waals surface area contributed by atoms with Crippen LogP contribution in [0.15, 0.2) is 59.1 Å². The highest BCUT2D eigenvalue weighted by atomic mass is 16.3. The first-order chi connectivity index (χ1) is 12.7. The van der Waals surface area contributed by atoms with Gasteiger partial charge in [0.15, 0.2) is 5.58 Å². The van der Waals surface area contributed by atoms with Gasteiger partial charge in [-0.1, -0.05) is 36.4 Å². The van der Waals surface area contributed by atoms with Gasteiger partial charge in [-0.05, 0) is 49.1 Å². The number of benzene rings is 2. The molecule has 4 aromatic rings. The maximum absolute atomic E-state index is 6.27. The Morgan fingerprint density at radius 1 is 1.00 bits per heavy atom. The third kappa shape index (κ3) is 1.66. The lowest BCUT2D eigenvalue weighted by Gasteiger charge is -2.37. The zero-order valence-corrected chi connectivity index (χ0v) is 14.9. The summed E-state index contributed by atoms with van der Waals surface area (Å²) in [6.45, 7) is 4.56. The van der Waals surface area contributed by atoms with Crippen LogP contribution in [0.4, 0.5) is 5.69 Å². The monoisotopic (exact) mass is 340 g/mol. The minimum absolute atomic E-state index is 0.441. The van der Waals surface area contributed by atoms with E-state index in [1.54, 1.807) is 6.20 Å². The molecule has 3 nitrogen and oxygen atoms in total. The SMILES string of the molecule is Cc1ccc2c(oc3ncccc32)c1N1C2CC(c3ccccc32)C1C. The molecule has 26 heavy (non-hydrogen) atoms. The molecule has 0 amide bonds. The Hall–Kier alpha value is -2.81. The van der Waals surface area contributed by atoms with Crippen LogP contribution in [0.2, 0.25) is 0 Å². The molecule has 0 radical (unpaired) electrons. The van der Waals surface area contributed by atoms with Crippen molar-refractivity contribution >= 4 is 27.8 Å². The second kappa shape index (κ2) is 4.88. The molecule has 6 rings (SSSR count). The van der Waals surface area contributed by atoms with E-state index in [1.165, 1.54) is 28.8 Å². The number of furan rings is 1. The molecule has 0 N–H and O–H groups in total. The summed E-state index contributed by atoms with van der Waals surface area (Å²) in [5.74, 6) is 0.605. The molecule has 2 aromatic carbocycles. The lowest BCUT2D eigenvalue weighted by atomic mass is 9.92. The summed E-state index contributed by atoms with van der Waals surface area (Å²) in [6.07, 6.45) is 3.00. The molecule has 3 heteroatoms. The average Bonchev–Trinajstić information content (AvgIpc) is 3.32. The number of aromatic nitrogens is 1. The summed E-state index contributed by atoms with van der Waals surface area (Å²) in [5.41, 5.74) is 7.25. The van der Waals surface area contributed by atoms with Crippen LogP contribution in [0.3, 0.4) is 0 Å². The van der Waals surface area contributed by atoms with E-state index in [9.17, 15) is 0 Å². The minimum Gasteiger partial charge on any atom is -0.436 e. The number of hydrogen-bond acceptors (Lipinski definition) is 3. The third-order valence-corrected chi connectivity index (χ3v) is 6.44. The Morgan fingerprint density at radius 2 is 1.85 bits per heavy atom. The van der Waals surface area contributed by atoms with Crippen LogP contribution in [-0.2, 0) is 0 Å². The quantitative estimate of drug-likeness (QED) is 0.443. The van der Waals surface area contributed by atoms with Crippen molar-refractivity contribution in [3.05, 3.63) is 71.4 Å². The van der Waals surface area contributed by atoms with Gasteiger partial charge < -0.3 is 9.32 Å². The maximum atomic E-state index is 6.27. The molecule has 3 heterocycles. The van der Waals surface area contributed by atoms with Crippen LogP contribution in [0.5, 0.6) is 0 Å². The Bertz CT molecular complexity index is 1180. The van der Waals surface area contributed by atoms with Gasteiger partial charge in [-0.2, -0.15) is 0 Å². The van der Waals surface area contributed by atoms with E-state index in [0.29, 0.717) is 18.0 Å². The fourth-order valence-corrected chi connectivity index (χ4v) is 5.28. The van der Waals surface area contributed by atoms with Gasteiger partial charge in [-0.15, -0.1) is 0 Å². The Morgan fingerprint density at radius 3 is 2.73 bits per heavy atom. The number of fused-ring (bicyclic) bond motifs is 8. The molecule has 0 spiro atoms. The molecule has 1 aliphatic carbocycles. The van der Waals surface area contributed by atoms with Crippen LogP contribution in [0.1, 0.15) is 42.0 Å². The molecule has 2 aromatic heterocycles. The largest absolute Gasteiger partial charge is 0.436 e. The Balaban J connectivity index is 1.63. The summed E-state index contributed by atoms with van der Waals surface area (Å²) in [5, 5.41) is 2.26. The van der Waals surface area contributed by atoms with Crippen molar-refractivity contribution in [2.24, 2.45) is 0 Å². The first-order valence-electron chi connectivity index (χ1n) is 9.38. The molecule has 1 fully saturated rings. The first-order valence-corrected chi connectivity index (χ1v) is 9.38. The number of rotatable bonds is 1. The first kappa shape index (κ1) is 14.4. The number of pyridine rings is 1. The van der Waals surface area contributed by atoms with Crippen LogP contribution >= 0.6 is 0 Å². The second-order valence-corrected chi connectivity index (χ2v) is 7.70. The van der Waals surface area contributed by atoms with Gasteiger partial charge >= 0.3 is 0 Å². The van der Waals surface area contributed by atoms with Gasteiger partial charge in [-0.3, -0.25) is 0 Å². The number of hydrogen-bond donors (Lipinski definition) is 0.